The van der Waals surface area contributed by atoms with Crippen LogP contribution < -0.4 is 11.1 Å². The number of amides is 2. The third-order valence-electron chi connectivity index (χ3n) is 8.68. The van der Waals surface area contributed by atoms with Crippen molar-refractivity contribution < 1.29 is 28.7 Å². The molecule has 1 saturated heterocycles. The van der Waals surface area contributed by atoms with E-state index < -0.39 is 35.2 Å². The molecule has 2 amide bonds. The lowest BCUT2D eigenvalue weighted by molar-refractivity contribution is -0.163. The number of nitrogen functional groups attached to an aromatic ring is 1. The number of pyridine rings is 1. The van der Waals surface area contributed by atoms with E-state index in [0.717, 1.165) is 48.4 Å². The van der Waals surface area contributed by atoms with Crippen molar-refractivity contribution in [1.82, 2.24) is 20.1 Å². The number of likely N-dealkylation sites (tertiary alicyclic amines) is 1. The van der Waals surface area contributed by atoms with E-state index in [1.54, 1.807) is 57.5 Å². The van der Waals surface area contributed by atoms with Crippen LogP contribution >= 0.6 is 0 Å². The van der Waals surface area contributed by atoms with Crippen molar-refractivity contribution in [3.8, 4) is 0 Å². The SMILES string of the molecule is CC(C)(C)OC(=O)CN(CC(=O)OC(C)(C)C)[C@H](CC1CCCCC1)C(=O)N1CCC[C@H]1C(=O)NCc1ccc2c(N)nccc2c1. The van der Waals surface area contributed by atoms with Gasteiger partial charge in [0.15, 0.2) is 0 Å². The molecule has 11 heteroatoms. The molecule has 2 fully saturated rings. The minimum absolute atomic E-state index is 0.229. The summed E-state index contributed by atoms with van der Waals surface area (Å²) in [4.78, 5) is 61.8. The molecule has 2 aromatic rings. The van der Waals surface area contributed by atoms with Crippen molar-refractivity contribution in [1.29, 1.82) is 0 Å². The highest BCUT2D eigenvalue weighted by atomic mass is 16.6. The zero-order valence-electron chi connectivity index (χ0n) is 29.0. The highest BCUT2D eigenvalue weighted by Crippen LogP contribution is 2.31. The number of rotatable bonds is 11. The number of ether oxygens (including phenoxy) is 2. The molecular formula is C36H53N5O6. The van der Waals surface area contributed by atoms with Gasteiger partial charge < -0.3 is 25.4 Å². The molecule has 1 aliphatic carbocycles. The molecule has 2 aliphatic rings. The highest BCUT2D eigenvalue weighted by Gasteiger charge is 2.41. The molecular weight excluding hydrogens is 598 g/mol. The number of benzene rings is 1. The molecule has 0 radical (unpaired) electrons. The molecule has 258 valence electrons. The van der Waals surface area contributed by atoms with E-state index in [2.05, 4.69) is 10.3 Å². The zero-order chi connectivity index (χ0) is 34.4. The van der Waals surface area contributed by atoms with E-state index in [4.69, 9.17) is 15.2 Å². The summed E-state index contributed by atoms with van der Waals surface area (Å²) in [6, 6.07) is 6.21. The lowest BCUT2D eigenvalue weighted by Gasteiger charge is -2.37. The smallest absolute Gasteiger partial charge is 0.320 e. The quantitative estimate of drug-likeness (QED) is 0.329. The van der Waals surface area contributed by atoms with Gasteiger partial charge in [0.1, 0.15) is 23.1 Å². The van der Waals surface area contributed by atoms with E-state index in [1.165, 1.54) is 0 Å². The number of nitrogens with two attached hydrogens (primary N) is 1. The highest BCUT2D eigenvalue weighted by molar-refractivity contribution is 5.92. The number of hydrogen-bond donors (Lipinski definition) is 2. The molecule has 0 unspecified atom stereocenters. The Morgan fingerprint density at radius 1 is 0.936 bits per heavy atom. The lowest BCUT2D eigenvalue weighted by Crippen LogP contribution is -2.56. The summed E-state index contributed by atoms with van der Waals surface area (Å²) in [5.74, 6) is -0.795. The van der Waals surface area contributed by atoms with Crippen molar-refractivity contribution in [3.05, 3.63) is 36.0 Å². The minimum Gasteiger partial charge on any atom is -0.459 e. The number of nitrogens with one attached hydrogen (secondary N) is 1. The third-order valence-corrected chi connectivity index (χ3v) is 8.68. The van der Waals surface area contributed by atoms with Crippen LogP contribution in [-0.4, -0.2) is 81.5 Å². The van der Waals surface area contributed by atoms with E-state index in [-0.39, 0.29) is 30.8 Å². The first-order valence-electron chi connectivity index (χ1n) is 17.0. The van der Waals surface area contributed by atoms with Gasteiger partial charge in [-0.25, -0.2) is 4.98 Å². The van der Waals surface area contributed by atoms with Crippen LogP contribution in [-0.2, 0) is 35.2 Å². The molecule has 11 nitrogen and oxygen atoms in total. The average molecular weight is 652 g/mol. The van der Waals surface area contributed by atoms with Crippen LogP contribution in [0.25, 0.3) is 10.8 Å². The Labute approximate surface area is 278 Å². The topological polar surface area (TPSA) is 144 Å². The van der Waals surface area contributed by atoms with Gasteiger partial charge in [-0.15, -0.1) is 0 Å². The first-order valence-corrected chi connectivity index (χ1v) is 17.0. The predicted octanol–water partition coefficient (Wildman–Crippen LogP) is 4.75. The van der Waals surface area contributed by atoms with E-state index in [9.17, 15) is 19.2 Å². The largest absolute Gasteiger partial charge is 0.459 e. The summed E-state index contributed by atoms with van der Waals surface area (Å²) >= 11 is 0. The minimum atomic E-state index is -0.786. The van der Waals surface area contributed by atoms with Crippen LogP contribution in [0.15, 0.2) is 30.5 Å². The summed E-state index contributed by atoms with van der Waals surface area (Å²) in [6.07, 6.45) is 8.64. The van der Waals surface area contributed by atoms with Crippen molar-refractivity contribution in [2.75, 3.05) is 25.4 Å². The number of hydrogen-bond acceptors (Lipinski definition) is 9. The molecule has 2 heterocycles. The second-order valence-corrected chi connectivity index (χ2v) is 15.0. The zero-order valence-corrected chi connectivity index (χ0v) is 29.0. The first-order chi connectivity index (χ1) is 22.1. The fourth-order valence-electron chi connectivity index (χ4n) is 6.66. The summed E-state index contributed by atoms with van der Waals surface area (Å²) in [6.45, 7) is 10.9. The molecule has 1 aliphatic heterocycles. The molecule has 1 aromatic heterocycles. The van der Waals surface area contributed by atoms with Gasteiger partial charge >= 0.3 is 11.9 Å². The number of aromatic nitrogens is 1. The maximum absolute atomic E-state index is 14.5. The van der Waals surface area contributed by atoms with Gasteiger partial charge in [0.25, 0.3) is 0 Å². The summed E-state index contributed by atoms with van der Waals surface area (Å²) in [5, 5.41) is 4.81. The van der Waals surface area contributed by atoms with Crippen LogP contribution in [0.4, 0.5) is 5.82 Å². The number of fused-ring (bicyclic) bond motifs is 1. The molecule has 0 spiro atoms. The Morgan fingerprint density at radius 2 is 1.57 bits per heavy atom. The average Bonchev–Trinajstić information content (AvgIpc) is 3.47. The second kappa shape index (κ2) is 15.4. The van der Waals surface area contributed by atoms with Crippen molar-refractivity contribution in [3.63, 3.8) is 0 Å². The predicted molar refractivity (Wildman–Crippen MR) is 181 cm³/mol. The van der Waals surface area contributed by atoms with Crippen molar-refractivity contribution in [2.24, 2.45) is 5.92 Å². The maximum Gasteiger partial charge on any atom is 0.320 e. The first kappa shape index (κ1) is 36.1. The normalized spacial score (nSPS) is 18.3. The number of carbonyl (C=O) groups excluding carboxylic acids is 4. The van der Waals surface area contributed by atoms with Gasteiger partial charge in [0, 0.05) is 24.7 Å². The standard InChI is InChI=1S/C36H53N5O6/c1-35(2,3)46-30(42)22-40(23-31(43)47-36(4,5)6)29(20-24-11-8-7-9-12-24)34(45)41-18-10-13-28(41)33(44)39-21-25-14-15-27-26(19-25)16-17-38-32(27)37/h14-17,19,24,28-29H,7-13,18,20-23H2,1-6H3,(H2,37,38)(H,39,44)/t28-,29+/m0/s1. The number of nitrogens with zero attached hydrogens (tertiary/aromatic N) is 3. The molecule has 0 bridgehead atoms. The Kier molecular flexibility index (Phi) is 11.9. The van der Waals surface area contributed by atoms with Crippen LogP contribution in [0.1, 0.15) is 98.5 Å². The Morgan fingerprint density at radius 3 is 2.19 bits per heavy atom. The van der Waals surface area contributed by atoms with Gasteiger partial charge in [-0.3, -0.25) is 24.1 Å². The number of anilines is 1. The third kappa shape index (κ3) is 10.6. The van der Waals surface area contributed by atoms with Gasteiger partial charge in [-0.2, -0.15) is 0 Å². The lowest BCUT2D eigenvalue weighted by atomic mass is 9.84. The summed E-state index contributed by atoms with van der Waals surface area (Å²) < 4.78 is 11.3. The fourth-order valence-corrected chi connectivity index (χ4v) is 6.66. The van der Waals surface area contributed by atoms with Gasteiger partial charge in [-0.05, 0) is 89.8 Å². The van der Waals surface area contributed by atoms with Crippen LogP contribution in [0, 0.1) is 5.92 Å². The van der Waals surface area contributed by atoms with E-state index >= 15 is 0 Å². The summed E-state index contributed by atoms with van der Waals surface area (Å²) in [5.41, 5.74) is 5.44. The van der Waals surface area contributed by atoms with Crippen molar-refractivity contribution >= 4 is 40.3 Å². The molecule has 2 atom stereocenters. The van der Waals surface area contributed by atoms with Crippen LogP contribution in [0.2, 0.25) is 0 Å². The molecule has 4 rings (SSSR count). The molecule has 1 saturated carbocycles. The maximum atomic E-state index is 14.5. The van der Waals surface area contributed by atoms with Gasteiger partial charge in [0.05, 0.1) is 19.1 Å². The molecule has 47 heavy (non-hydrogen) atoms. The second-order valence-electron chi connectivity index (χ2n) is 15.0. The monoisotopic (exact) mass is 651 g/mol. The van der Waals surface area contributed by atoms with E-state index in [1.807, 2.05) is 24.3 Å². The number of esters is 2. The summed E-state index contributed by atoms with van der Waals surface area (Å²) in [7, 11) is 0. The van der Waals surface area contributed by atoms with Crippen LogP contribution in [0.5, 0.6) is 0 Å². The fraction of sp³-hybridized carbons (Fsp3) is 0.639. The Hall–Kier alpha value is -3.73. The van der Waals surface area contributed by atoms with E-state index in [0.29, 0.717) is 38.2 Å². The Bertz CT molecular complexity index is 1400. The molecule has 1 aromatic carbocycles. The van der Waals surface area contributed by atoms with Gasteiger partial charge in [0.2, 0.25) is 11.8 Å². The Balaban J connectivity index is 1.55. The van der Waals surface area contributed by atoms with Crippen molar-refractivity contribution in [2.45, 2.75) is 123 Å². The van der Waals surface area contributed by atoms with Crippen LogP contribution in [0.3, 0.4) is 0 Å². The number of carbonyl (C=O) groups is 4. The molecule has 3 N–H and O–H groups in total. The van der Waals surface area contributed by atoms with Gasteiger partial charge in [-0.1, -0.05) is 44.2 Å².